The van der Waals surface area contributed by atoms with Crippen molar-refractivity contribution in [1.29, 1.82) is 0 Å². The third kappa shape index (κ3) is 7.18. The number of hydrogen-bond acceptors (Lipinski definition) is 13. The number of fused-ring (bicyclic) bond motifs is 5. The zero-order valence-electron chi connectivity index (χ0n) is 35.1. The molecule has 6 aliphatic rings. The van der Waals surface area contributed by atoms with Crippen LogP contribution in [0.1, 0.15) is 114 Å². The lowest BCUT2D eigenvalue weighted by molar-refractivity contribution is -0.320. The van der Waals surface area contributed by atoms with Gasteiger partial charge in [0.2, 0.25) is 0 Å². The smallest absolute Gasteiger partial charge is 0.187 e. The van der Waals surface area contributed by atoms with Crippen molar-refractivity contribution in [2.75, 3.05) is 13.2 Å². The van der Waals surface area contributed by atoms with E-state index in [-0.39, 0.29) is 46.7 Å². The highest BCUT2D eigenvalue weighted by Gasteiger charge is 2.70. The molecule has 0 radical (unpaired) electrons. The van der Waals surface area contributed by atoms with Crippen LogP contribution >= 0.6 is 0 Å². The van der Waals surface area contributed by atoms with Crippen LogP contribution in [0.2, 0.25) is 0 Å². The normalized spacial score (nSPS) is 50.3. The van der Waals surface area contributed by atoms with Crippen LogP contribution in [0.5, 0.6) is 0 Å². The molecule has 20 atom stereocenters. The van der Waals surface area contributed by atoms with Crippen molar-refractivity contribution in [2.45, 2.75) is 193 Å². The lowest BCUT2D eigenvalue weighted by Crippen LogP contribution is -2.65. The first-order valence-electron chi connectivity index (χ1n) is 21.3. The predicted octanol–water partition coefficient (Wildman–Crippen LogP) is 2.40. The molecule has 13 heteroatoms. The highest BCUT2D eigenvalue weighted by Crippen LogP contribution is 2.75. The van der Waals surface area contributed by atoms with Gasteiger partial charge in [0.05, 0.1) is 49.3 Å². The van der Waals surface area contributed by atoms with E-state index in [1.807, 2.05) is 0 Å². The molecule has 324 valence electrons. The van der Waals surface area contributed by atoms with Crippen LogP contribution in [-0.2, 0) is 18.9 Å². The Labute approximate surface area is 333 Å². The summed E-state index contributed by atoms with van der Waals surface area (Å²) in [6.07, 6.45) is -4.02. The first-order chi connectivity index (χ1) is 26.0. The largest absolute Gasteiger partial charge is 0.394 e. The summed E-state index contributed by atoms with van der Waals surface area (Å²) in [5.41, 5.74) is -1.07. The van der Waals surface area contributed by atoms with Crippen LogP contribution in [-0.4, -0.2) is 138 Å². The second-order valence-corrected chi connectivity index (χ2v) is 20.6. The zero-order valence-corrected chi connectivity index (χ0v) is 35.1. The van der Waals surface area contributed by atoms with E-state index in [1.165, 1.54) is 5.57 Å². The average Bonchev–Trinajstić information content (AvgIpc) is 3.40. The topological polar surface area (TPSA) is 219 Å². The Morgan fingerprint density at radius 3 is 2.05 bits per heavy atom. The van der Waals surface area contributed by atoms with E-state index in [0.29, 0.717) is 25.2 Å². The van der Waals surface area contributed by atoms with Gasteiger partial charge in [-0.2, -0.15) is 0 Å². The van der Waals surface area contributed by atoms with Gasteiger partial charge in [-0.15, -0.1) is 0 Å². The standard InChI is InChI=1S/C43H74O13/c1-21(10-14-31(40(5,6)52)56-37-35(50)32(47)22(2)26(19-44)53-37)23-16-17-41(7)28-13-11-24-25(43(28,9)29(46)18-42(23,41)8)12-15-30(39(24,3)4)55-38-36(51)34(49)33(48)27(20-45)54-38/h11,21-23,25-38,44-52H,10,12-20H2,1-9H3/t21-,22-,23?,25?,26-,27-,28?,29-,30+,31-,32+,33-,34+,35-,36-,37+,38?,41+,42-,43+/m1/s1. The van der Waals surface area contributed by atoms with Gasteiger partial charge >= 0.3 is 0 Å². The lowest BCUT2D eigenvalue weighted by Gasteiger charge is -2.67. The van der Waals surface area contributed by atoms with E-state index in [2.05, 4.69) is 47.6 Å². The number of aliphatic hydroxyl groups is 9. The SMILES string of the molecule is C[C@H]1[C@H](O)[C@@H](O)[C@H](O[C@H](CC[C@@H](C)C2CC[C@@]3(C)C4CC=C5C(CC[C@H](OC6O[C@H](CO)[C@@H](O)[C@H](O)[C@H]6O)C5(C)C)[C@]4(C)[C@H](O)C[C@]23C)C(C)(C)O)O[C@@H]1CO. The van der Waals surface area contributed by atoms with Gasteiger partial charge in [-0.25, -0.2) is 0 Å². The minimum absolute atomic E-state index is 0.0475. The van der Waals surface area contributed by atoms with Crippen molar-refractivity contribution in [3.05, 3.63) is 11.6 Å². The van der Waals surface area contributed by atoms with Crippen molar-refractivity contribution < 1.29 is 64.9 Å². The molecule has 5 fully saturated rings. The van der Waals surface area contributed by atoms with E-state index in [0.717, 1.165) is 32.1 Å². The summed E-state index contributed by atoms with van der Waals surface area (Å²) >= 11 is 0. The highest BCUT2D eigenvalue weighted by molar-refractivity contribution is 5.32. The highest BCUT2D eigenvalue weighted by atomic mass is 16.7. The Morgan fingerprint density at radius 2 is 1.43 bits per heavy atom. The maximum Gasteiger partial charge on any atom is 0.187 e. The summed E-state index contributed by atoms with van der Waals surface area (Å²) in [6, 6.07) is 0. The molecule has 0 amide bonds. The molecule has 2 aliphatic heterocycles. The van der Waals surface area contributed by atoms with E-state index >= 15 is 0 Å². The van der Waals surface area contributed by atoms with E-state index in [4.69, 9.17) is 18.9 Å². The van der Waals surface area contributed by atoms with Crippen LogP contribution in [0, 0.1) is 51.2 Å². The molecule has 2 heterocycles. The quantitative estimate of drug-likeness (QED) is 0.137. The van der Waals surface area contributed by atoms with E-state index in [1.54, 1.807) is 20.8 Å². The fourth-order valence-electron chi connectivity index (χ4n) is 13.0. The van der Waals surface area contributed by atoms with Gasteiger partial charge in [0.25, 0.3) is 0 Å². The lowest BCUT2D eigenvalue weighted by atomic mass is 9.38. The van der Waals surface area contributed by atoms with Gasteiger partial charge in [0.15, 0.2) is 12.6 Å². The molecular weight excluding hydrogens is 724 g/mol. The Morgan fingerprint density at radius 1 is 0.804 bits per heavy atom. The first-order valence-corrected chi connectivity index (χ1v) is 21.3. The fraction of sp³-hybridized carbons (Fsp3) is 0.953. The number of aliphatic hydroxyl groups excluding tert-OH is 8. The number of ether oxygens (including phenoxy) is 4. The molecule has 2 saturated heterocycles. The molecule has 0 aromatic heterocycles. The van der Waals surface area contributed by atoms with Crippen molar-refractivity contribution >= 4 is 0 Å². The first kappa shape index (κ1) is 44.8. The summed E-state index contributed by atoms with van der Waals surface area (Å²) in [5.74, 6) is 0.430. The Hall–Kier alpha value is -0.780. The molecule has 4 unspecified atom stereocenters. The molecule has 56 heavy (non-hydrogen) atoms. The van der Waals surface area contributed by atoms with Crippen LogP contribution in [0.3, 0.4) is 0 Å². The molecule has 0 aromatic rings. The van der Waals surface area contributed by atoms with Crippen LogP contribution in [0.25, 0.3) is 0 Å². The van der Waals surface area contributed by atoms with Gasteiger partial charge in [0.1, 0.15) is 30.5 Å². The maximum absolute atomic E-state index is 12.5. The fourth-order valence-corrected chi connectivity index (χ4v) is 13.0. The second-order valence-electron chi connectivity index (χ2n) is 20.6. The summed E-state index contributed by atoms with van der Waals surface area (Å²) < 4.78 is 24.2. The maximum atomic E-state index is 12.5. The third-order valence-corrected chi connectivity index (χ3v) is 17.0. The Balaban J connectivity index is 1.17. The zero-order chi connectivity index (χ0) is 41.5. The van der Waals surface area contributed by atoms with Crippen molar-refractivity contribution in [1.82, 2.24) is 0 Å². The number of allylic oxidation sites excluding steroid dienone is 1. The third-order valence-electron chi connectivity index (χ3n) is 17.0. The second kappa shape index (κ2) is 15.9. The molecular formula is C43H74O13. The average molecular weight is 799 g/mol. The summed E-state index contributed by atoms with van der Waals surface area (Å²) in [5, 5.41) is 96.1. The van der Waals surface area contributed by atoms with Gasteiger partial charge < -0.3 is 64.9 Å². The molecule has 0 bridgehead atoms. The van der Waals surface area contributed by atoms with Gasteiger partial charge in [-0.05, 0) is 99.7 Å². The Bertz CT molecular complexity index is 1400. The van der Waals surface area contributed by atoms with E-state index in [9.17, 15) is 46.0 Å². The molecule has 3 saturated carbocycles. The molecule has 0 spiro atoms. The molecule has 6 rings (SSSR count). The summed E-state index contributed by atoms with van der Waals surface area (Å²) in [7, 11) is 0. The monoisotopic (exact) mass is 799 g/mol. The van der Waals surface area contributed by atoms with Crippen molar-refractivity contribution in [3.63, 3.8) is 0 Å². The van der Waals surface area contributed by atoms with Crippen molar-refractivity contribution in [3.8, 4) is 0 Å². The van der Waals surface area contributed by atoms with Crippen LogP contribution in [0.4, 0.5) is 0 Å². The minimum atomic E-state index is -1.51. The van der Waals surface area contributed by atoms with Crippen LogP contribution < -0.4 is 0 Å². The minimum Gasteiger partial charge on any atom is -0.394 e. The molecule has 9 N–H and O–H groups in total. The summed E-state index contributed by atoms with van der Waals surface area (Å²) in [4.78, 5) is 0. The van der Waals surface area contributed by atoms with Gasteiger partial charge in [0, 0.05) is 16.7 Å². The Kier molecular flexibility index (Phi) is 12.7. The number of hydrogen-bond donors (Lipinski definition) is 9. The molecule has 0 aromatic carbocycles. The number of rotatable bonds is 11. The predicted molar refractivity (Wildman–Crippen MR) is 205 cm³/mol. The van der Waals surface area contributed by atoms with Crippen molar-refractivity contribution in [2.24, 2.45) is 51.2 Å². The van der Waals surface area contributed by atoms with Gasteiger partial charge in [-0.1, -0.05) is 60.1 Å². The summed E-state index contributed by atoms with van der Waals surface area (Å²) in [6.45, 7) is 17.9. The van der Waals surface area contributed by atoms with E-state index < -0.39 is 91.1 Å². The molecule has 13 nitrogen and oxygen atoms in total. The van der Waals surface area contributed by atoms with Crippen LogP contribution in [0.15, 0.2) is 11.6 Å². The molecule has 4 aliphatic carbocycles. The van der Waals surface area contributed by atoms with Gasteiger partial charge in [-0.3, -0.25) is 0 Å².